The van der Waals surface area contributed by atoms with E-state index in [1.165, 1.54) is 16.9 Å². The quantitative estimate of drug-likeness (QED) is 0.448. The Bertz CT molecular complexity index is 1200. The van der Waals surface area contributed by atoms with Gasteiger partial charge in [-0.3, -0.25) is 9.80 Å². The van der Waals surface area contributed by atoms with Crippen LogP contribution >= 0.6 is 22.9 Å². The second-order valence-electron chi connectivity index (χ2n) is 8.12. The number of thiazole rings is 1. The molecule has 1 fully saturated rings. The van der Waals surface area contributed by atoms with Crippen LogP contribution in [-0.4, -0.2) is 55.7 Å². The summed E-state index contributed by atoms with van der Waals surface area (Å²) in [6, 6.07) is 18.4. The molecular formula is C24H26ClN5OS. The van der Waals surface area contributed by atoms with Gasteiger partial charge in [0.2, 0.25) is 10.8 Å². The molecule has 2 aromatic carbocycles. The fourth-order valence-corrected chi connectivity index (χ4v) is 5.68. The third-order valence-electron chi connectivity index (χ3n) is 5.99. The highest BCUT2D eigenvalue weighted by atomic mass is 35.5. The second kappa shape index (κ2) is 9.19. The summed E-state index contributed by atoms with van der Waals surface area (Å²) >= 11 is 7.86. The molecule has 1 atom stereocenters. The minimum atomic E-state index is -0.0915. The van der Waals surface area contributed by atoms with Crippen LogP contribution in [0.2, 0.25) is 5.02 Å². The normalized spacial score (nSPS) is 16.6. The Balaban J connectivity index is 1.43. The number of piperazine rings is 1. The van der Waals surface area contributed by atoms with Crippen molar-refractivity contribution in [3.63, 3.8) is 0 Å². The monoisotopic (exact) mass is 467 g/mol. The van der Waals surface area contributed by atoms with E-state index >= 15 is 0 Å². The molecule has 166 valence electrons. The van der Waals surface area contributed by atoms with E-state index in [1.807, 2.05) is 25.1 Å². The van der Waals surface area contributed by atoms with E-state index in [0.717, 1.165) is 60.4 Å². The highest BCUT2D eigenvalue weighted by Gasteiger charge is 2.31. The lowest BCUT2D eigenvalue weighted by atomic mass is 10.0. The Hall–Kier alpha value is -2.45. The molecule has 2 aromatic heterocycles. The largest absolute Gasteiger partial charge is 0.492 e. The molecule has 4 aromatic rings. The van der Waals surface area contributed by atoms with Crippen molar-refractivity contribution in [3.05, 3.63) is 81.4 Å². The number of halogens is 1. The van der Waals surface area contributed by atoms with Crippen LogP contribution in [-0.2, 0) is 13.0 Å². The van der Waals surface area contributed by atoms with Crippen molar-refractivity contribution in [1.82, 2.24) is 24.4 Å². The highest BCUT2D eigenvalue weighted by molar-refractivity contribution is 7.17. The smallest absolute Gasteiger partial charge is 0.230 e. The van der Waals surface area contributed by atoms with E-state index in [-0.39, 0.29) is 11.9 Å². The number of aromatic nitrogens is 3. The average Bonchev–Trinajstić information content (AvgIpc) is 3.35. The van der Waals surface area contributed by atoms with Crippen molar-refractivity contribution in [2.45, 2.75) is 25.9 Å². The van der Waals surface area contributed by atoms with Gasteiger partial charge in [0.05, 0.1) is 10.9 Å². The summed E-state index contributed by atoms with van der Waals surface area (Å²) in [4.78, 5) is 11.1. The average molecular weight is 468 g/mol. The molecule has 0 bridgehead atoms. The first-order valence-corrected chi connectivity index (χ1v) is 12.1. The van der Waals surface area contributed by atoms with Crippen LogP contribution in [0.3, 0.4) is 0 Å². The fourth-order valence-electron chi connectivity index (χ4n) is 4.34. The molecule has 5 rings (SSSR count). The molecule has 0 aliphatic carbocycles. The predicted molar refractivity (Wildman–Crippen MR) is 128 cm³/mol. The number of aromatic hydroxyl groups is 1. The van der Waals surface area contributed by atoms with Crippen LogP contribution in [0, 0.1) is 0 Å². The molecule has 0 radical (unpaired) electrons. The molecule has 0 amide bonds. The molecule has 1 aliphatic rings. The maximum atomic E-state index is 11.1. The number of fused-ring (bicyclic) bond motifs is 1. The molecule has 1 unspecified atom stereocenters. The van der Waals surface area contributed by atoms with E-state index in [0.29, 0.717) is 5.02 Å². The van der Waals surface area contributed by atoms with Crippen LogP contribution < -0.4 is 0 Å². The zero-order chi connectivity index (χ0) is 22.1. The third-order valence-corrected chi connectivity index (χ3v) is 7.30. The lowest BCUT2D eigenvalue weighted by Gasteiger charge is -2.39. The molecule has 0 saturated carbocycles. The van der Waals surface area contributed by atoms with E-state index in [1.54, 1.807) is 4.52 Å². The lowest BCUT2D eigenvalue weighted by Crippen LogP contribution is -2.47. The van der Waals surface area contributed by atoms with Gasteiger partial charge in [-0.05, 0) is 23.3 Å². The first-order chi connectivity index (χ1) is 15.6. The molecular weight excluding hydrogens is 442 g/mol. The van der Waals surface area contributed by atoms with Crippen LogP contribution in [0.4, 0.5) is 0 Å². The summed E-state index contributed by atoms with van der Waals surface area (Å²) < 4.78 is 1.57. The molecule has 1 aliphatic heterocycles. The molecule has 1 N–H and O–H groups in total. The van der Waals surface area contributed by atoms with Gasteiger partial charge in [-0.1, -0.05) is 72.3 Å². The van der Waals surface area contributed by atoms with Crippen LogP contribution in [0.15, 0.2) is 54.6 Å². The zero-order valence-corrected chi connectivity index (χ0v) is 19.6. The number of aryl methyl sites for hydroxylation is 1. The van der Waals surface area contributed by atoms with Crippen molar-refractivity contribution >= 4 is 27.9 Å². The van der Waals surface area contributed by atoms with Gasteiger partial charge in [0.25, 0.3) is 0 Å². The Morgan fingerprint density at radius 1 is 1.06 bits per heavy atom. The summed E-state index contributed by atoms with van der Waals surface area (Å²) in [6.45, 7) is 6.70. The van der Waals surface area contributed by atoms with Gasteiger partial charge in [0.15, 0.2) is 5.82 Å². The number of benzene rings is 2. The number of rotatable bonds is 6. The topological polar surface area (TPSA) is 56.9 Å². The Labute approximate surface area is 196 Å². The SMILES string of the molecule is CCc1nc2sc(C(c3cccc(Cl)c3)N3CCN(Cc4ccccc4)CC3)c(O)n2n1. The van der Waals surface area contributed by atoms with Gasteiger partial charge in [-0.25, -0.2) is 4.98 Å². The first kappa shape index (κ1) is 21.4. The van der Waals surface area contributed by atoms with Crippen molar-refractivity contribution in [3.8, 4) is 5.88 Å². The maximum absolute atomic E-state index is 11.1. The minimum absolute atomic E-state index is 0.0915. The number of nitrogens with zero attached hydrogens (tertiary/aromatic N) is 5. The molecule has 3 heterocycles. The van der Waals surface area contributed by atoms with E-state index in [2.05, 4.69) is 56.3 Å². The van der Waals surface area contributed by atoms with Crippen LogP contribution in [0.1, 0.15) is 34.8 Å². The van der Waals surface area contributed by atoms with Gasteiger partial charge in [0, 0.05) is 44.2 Å². The van der Waals surface area contributed by atoms with Crippen molar-refractivity contribution in [2.24, 2.45) is 0 Å². The molecule has 6 nitrogen and oxygen atoms in total. The molecule has 32 heavy (non-hydrogen) atoms. The Morgan fingerprint density at radius 2 is 1.84 bits per heavy atom. The number of hydrogen-bond donors (Lipinski definition) is 1. The van der Waals surface area contributed by atoms with Crippen LogP contribution in [0.5, 0.6) is 5.88 Å². The highest BCUT2D eigenvalue weighted by Crippen LogP contribution is 2.40. The van der Waals surface area contributed by atoms with E-state index in [9.17, 15) is 5.11 Å². The van der Waals surface area contributed by atoms with E-state index < -0.39 is 0 Å². The van der Waals surface area contributed by atoms with Gasteiger partial charge in [-0.2, -0.15) is 4.52 Å². The molecule has 1 saturated heterocycles. The summed E-state index contributed by atoms with van der Waals surface area (Å²) in [5.74, 6) is 0.917. The fraction of sp³-hybridized carbons (Fsp3) is 0.333. The minimum Gasteiger partial charge on any atom is -0.492 e. The van der Waals surface area contributed by atoms with Gasteiger partial charge in [0.1, 0.15) is 0 Å². The van der Waals surface area contributed by atoms with Crippen molar-refractivity contribution < 1.29 is 5.11 Å². The lowest BCUT2D eigenvalue weighted by molar-refractivity contribution is 0.105. The third kappa shape index (κ3) is 4.26. The Kier molecular flexibility index (Phi) is 6.15. The molecule has 8 heteroatoms. The van der Waals surface area contributed by atoms with Gasteiger partial charge < -0.3 is 5.11 Å². The second-order valence-corrected chi connectivity index (χ2v) is 9.57. The van der Waals surface area contributed by atoms with Gasteiger partial charge in [-0.15, -0.1) is 5.10 Å². The zero-order valence-electron chi connectivity index (χ0n) is 18.0. The standard InChI is InChI=1S/C24H26ClN5OS/c1-2-20-26-24-30(27-20)23(31)22(32-24)21(18-9-6-10-19(25)15-18)29-13-11-28(12-14-29)16-17-7-4-3-5-8-17/h3-10,15,21,31H,2,11-14,16H2,1H3. The van der Waals surface area contributed by atoms with Gasteiger partial charge >= 0.3 is 0 Å². The summed E-state index contributed by atoms with van der Waals surface area (Å²) in [5.41, 5.74) is 2.41. The Morgan fingerprint density at radius 3 is 2.53 bits per heavy atom. The summed E-state index contributed by atoms with van der Waals surface area (Å²) in [6.07, 6.45) is 0.740. The predicted octanol–water partition coefficient (Wildman–Crippen LogP) is 4.62. The molecule has 0 spiro atoms. The summed E-state index contributed by atoms with van der Waals surface area (Å²) in [5, 5.41) is 16.2. The van der Waals surface area contributed by atoms with Crippen molar-refractivity contribution in [1.29, 1.82) is 0 Å². The van der Waals surface area contributed by atoms with Crippen LogP contribution in [0.25, 0.3) is 4.96 Å². The first-order valence-electron chi connectivity index (χ1n) is 11.0. The van der Waals surface area contributed by atoms with Crippen molar-refractivity contribution in [2.75, 3.05) is 26.2 Å². The maximum Gasteiger partial charge on any atom is 0.230 e. The van der Waals surface area contributed by atoms with E-state index in [4.69, 9.17) is 11.6 Å². The summed E-state index contributed by atoms with van der Waals surface area (Å²) in [7, 11) is 0. The number of hydrogen-bond acceptors (Lipinski definition) is 6.